The summed E-state index contributed by atoms with van der Waals surface area (Å²) in [6, 6.07) is 12.0. The van der Waals surface area contributed by atoms with E-state index in [1.165, 1.54) is 5.56 Å². The molecule has 0 atom stereocenters. The number of halogens is 1. The van der Waals surface area contributed by atoms with Crippen molar-refractivity contribution in [1.82, 2.24) is 15.3 Å². The van der Waals surface area contributed by atoms with Crippen LogP contribution in [0, 0.1) is 0 Å². The highest BCUT2D eigenvalue weighted by molar-refractivity contribution is 9.10. The molecule has 1 aromatic carbocycles. The number of nitrogens with one attached hydrogen (secondary N) is 1. The van der Waals surface area contributed by atoms with Crippen LogP contribution >= 0.6 is 39.0 Å². The van der Waals surface area contributed by atoms with Gasteiger partial charge in [-0.3, -0.25) is 9.78 Å². The van der Waals surface area contributed by atoms with Gasteiger partial charge in [0.25, 0.3) is 0 Å². The van der Waals surface area contributed by atoms with E-state index in [1.807, 2.05) is 29.6 Å². The molecule has 128 valence electrons. The normalized spacial score (nSPS) is 10.6. The smallest absolute Gasteiger partial charge is 0.226 e. The second-order valence-electron chi connectivity index (χ2n) is 5.33. The van der Waals surface area contributed by atoms with Gasteiger partial charge >= 0.3 is 0 Å². The van der Waals surface area contributed by atoms with E-state index in [-0.39, 0.29) is 5.91 Å². The molecule has 0 saturated heterocycles. The molecule has 0 spiro atoms. The first-order chi connectivity index (χ1) is 12.2. The Bertz CT molecular complexity index is 822. The van der Waals surface area contributed by atoms with Gasteiger partial charge in [-0.25, -0.2) is 4.98 Å². The van der Waals surface area contributed by atoms with E-state index >= 15 is 0 Å². The largest absolute Gasteiger partial charge is 0.352 e. The van der Waals surface area contributed by atoms with Crippen molar-refractivity contribution >= 4 is 44.9 Å². The molecular formula is C18H16BrN3OS2. The molecule has 0 aliphatic rings. The lowest BCUT2D eigenvalue weighted by atomic mass is 10.2. The minimum Gasteiger partial charge on any atom is -0.352 e. The van der Waals surface area contributed by atoms with Crippen molar-refractivity contribution in [3.05, 3.63) is 75.5 Å². The van der Waals surface area contributed by atoms with Crippen LogP contribution in [0.15, 0.2) is 63.0 Å². The number of aromatic nitrogens is 2. The first kappa shape index (κ1) is 18.1. The van der Waals surface area contributed by atoms with Crippen molar-refractivity contribution in [1.29, 1.82) is 0 Å². The lowest BCUT2D eigenvalue weighted by Gasteiger charge is -2.03. The predicted octanol–water partition coefficient (Wildman–Crippen LogP) is 4.45. The molecule has 0 bridgehead atoms. The number of nitrogens with zero attached hydrogens (tertiary/aromatic N) is 2. The molecule has 3 rings (SSSR count). The monoisotopic (exact) mass is 433 g/mol. The summed E-state index contributed by atoms with van der Waals surface area (Å²) in [7, 11) is 0. The van der Waals surface area contributed by atoms with Crippen LogP contribution in [0.4, 0.5) is 0 Å². The third-order valence-electron chi connectivity index (χ3n) is 3.39. The number of thiazole rings is 1. The maximum absolute atomic E-state index is 12.0. The molecule has 25 heavy (non-hydrogen) atoms. The van der Waals surface area contributed by atoms with Crippen molar-refractivity contribution in [3.8, 4) is 0 Å². The SMILES string of the molecule is O=C(Cc1csc(SCc2ccc(Br)cc2)n1)NCc1ccncc1. The fourth-order valence-electron chi connectivity index (χ4n) is 2.09. The summed E-state index contributed by atoms with van der Waals surface area (Å²) in [5.74, 6) is 0.848. The zero-order valence-electron chi connectivity index (χ0n) is 13.3. The minimum atomic E-state index is -0.0217. The van der Waals surface area contributed by atoms with Gasteiger partial charge in [0.2, 0.25) is 5.91 Å². The third kappa shape index (κ3) is 5.95. The van der Waals surface area contributed by atoms with Crippen LogP contribution in [-0.4, -0.2) is 15.9 Å². The third-order valence-corrected chi connectivity index (χ3v) is 6.06. The first-order valence-electron chi connectivity index (χ1n) is 7.66. The van der Waals surface area contributed by atoms with Gasteiger partial charge in [0.05, 0.1) is 12.1 Å². The van der Waals surface area contributed by atoms with E-state index < -0.39 is 0 Å². The number of hydrogen-bond donors (Lipinski definition) is 1. The summed E-state index contributed by atoms with van der Waals surface area (Å²) in [4.78, 5) is 20.5. The maximum atomic E-state index is 12.0. The Hall–Kier alpha value is -1.70. The standard InChI is InChI=1S/C18H16BrN3OS2/c19-15-3-1-14(2-4-15)11-24-18-22-16(12-25-18)9-17(23)21-10-13-5-7-20-8-6-13/h1-8,12H,9-11H2,(H,21,23). The van der Waals surface area contributed by atoms with E-state index in [4.69, 9.17) is 0 Å². The molecule has 3 aromatic rings. The van der Waals surface area contributed by atoms with E-state index in [9.17, 15) is 4.79 Å². The number of thioether (sulfide) groups is 1. The average Bonchev–Trinajstić information content (AvgIpc) is 3.08. The molecule has 0 fully saturated rings. The number of pyridine rings is 1. The molecule has 2 aromatic heterocycles. The topological polar surface area (TPSA) is 54.9 Å². The van der Waals surface area contributed by atoms with Crippen LogP contribution in [0.1, 0.15) is 16.8 Å². The average molecular weight is 434 g/mol. The molecule has 2 heterocycles. The van der Waals surface area contributed by atoms with Crippen molar-refractivity contribution in [3.63, 3.8) is 0 Å². The summed E-state index contributed by atoms with van der Waals surface area (Å²) in [6.45, 7) is 0.511. The number of carbonyl (C=O) groups excluding carboxylic acids is 1. The van der Waals surface area contributed by atoms with Gasteiger partial charge in [0.15, 0.2) is 0 Å². The molecule has 0 aliphatic carbocycles. The maximum Gasteiger partial charge on any atom is 0.226 e. The summed E-state index contributed by atoms with van der Waals surface area (Å²) >= 11 is 6.71. The van der Waals surface area contributed by atoms with Gasteiger partial charge in [0.1, 0.15) is 4.34 Å². The molecule has 7 heteroatoms. The molecule has 4 nitrogen and oxygen atoms in total. The molecular weight excluding hydrogens is 418 g/mol. The Morgan fingerprint density at radius 2 is 1.88 bits per heavy atom. The number of carbonyl (C=O) groups is 1. The molecule has 1 N–H and O–H groups in total. The number of rotatable bonds is 7. The summed E-state index contributed by atoms with van der Waals surface area (Å²) in [5, 5.41) is 4.86. The Morgan fingerprint density at radius 1 is 1.12 bits per heavy atom. The van der Waals surface area contributed by atoms with Gasteiger partial charge in [0, 0.05) is 34.5 Å². The van der Waals surface area contributed by atoms with E-state index in [0.717, 1.165) is 25.8 Å². The van der Waals surface area contributed by atoms with E-state index in [0.29, 0.717) is 13.0 Å². The van der Waals surface area contributed by atoms with Crippen molar-refractivity contribution in [2.24, 2.45) is 0 Å². The molecule has 0 unspecified atom stereocenters. The second kappa shape index (κ2) is 9.12. The fraction of sp³-hybridized carbons (Fsp3) is 0.167. The Labute approximate surface area is 163 Å². The molecule has 0 radical (unpaired) electrons. The highest BCUT2D eigenvalue weighted by Gasteiger charge is 2.08. The predicted molar refractivity (Wildman–Crippen MR) is 106 cm³/mol. The van der Waals surface area contributed by atoms with Gasteiger partial charge < -0.3 is 5.32 Å². The fourth-order valence-corrected chi connectivity index (χ4v) is 4.15. The van der Waals surface area contributed by atoms with Crippen molar-refractivity contribution < 1.29 is 4.79 Å². The van der Waals surface area contributed by atoms with Gasteiger partial charge in [-0.1, -0.05) is 39.8 Å². The molecule has 0 saturated carbocycles. The van der Waals surface area contributed by atoms with Crippen LogP contribution < -0.4 is 5.32 Å². The van der Waals surface area contributed by atoms with Gasteiger partial charge in [-0.15, -0.1) is 11.3 Å². The molecule has 0 aliphatic heterocycles. The second-order valence-corrected chi connectivity index (χ2v) is 8.33. The summed E-state index contributed by atoms with van der Waals surface area (Å²) in [5.41, 5.74) is 3.10. The highest BCUT2D eigenvalue weighted by atomic mass is 79.9. The quantitative estimate of drug-likeness (QED) is 0.559. The summed E-state index contributed by atoms with van der Waals surface area (Å²) < 4.78 is 2.07. The first-order valence-corrected chi connectivity index (χ1v) is 10.3. The van der Waals surface area contributed by atoms with Crippen LogP contribution in [0.25, 0.3) is 0 Å². The van der Waals surface area contributed by atoms with Crippen LogP contribution in [0.3, 0.4) is 0 Å². The Morgan fingerprint density at radius 3 is 2.64 bits per heavy atom. The Balaban J connectivity index is 1.46. The van der Waals surface area contributed by atoms with Crippen LogP contribution in [0.5, 0.6) is 0 Å². The van der Waals surface area contributed by atoms with Crippen molar-refractivity contribution in [2.75, 3.05) is 0 Å². The lowest BCUT2D eigenvalue weighted by Crippen LogP contribution is -2.24. The van der Waals surface area contributed by atoms with Crippen molar-refractivity contribution in [2.45, 2.75) is 23.1 Å². The van der Waals surface area contributed by atoms with Crippen LogP contribution in [0.2, 0.25) is 0 Å². The molecule has 1 amide bonds. The number of benzene rings is 1. The lowest BCUT2D eigenvalue weighted by molar-refractivity contribution is -0.120. The van der Waals surface area contributed by atoms with E-state index in [1.54, 1.807) is 35.5 Å². The van der Waals surface area contributed by atoms with Crippen LogP contribution in [-0.2, 0) is 23.5 Å². The van der Waals surface area contributed by atoms with E-state index in [2.05, 4.69) is 43.3 Å². The number of hydrogen-bond acceptors (Lipinski definition) is 5. The summed E-state index contributed by atoms with van der Waals surface area (Å²) in [6.07, 6.45) is 3.74. The Kier molecular flexibility index (Phi) is 6.61. The van der Waals surface area contributed by atoms with Gasteiger partial charge in [-0.2, -0.15) is 0 Å². The zero-order valence-corrected chi connectivity index (χ0v) is 16.5. The zero-order chi connectivity index (χ0) is 17.5. The van der Waals surface area contributed by atoms with Gasteiger partial charge in [-0.05, 0) is 35.4 Å². The minimum absolute atomic E-state index is 0.0217. The highest BCUT2D eigenvalue weighted by Crippen LogP contribution is 2.26. The number of amides is 1.